The van der Waals surface area contributed by atoms with Gasteiger partial charge in [-0.1, -0.05) is 6.07 Å². The van der Waals surface area contributed by atoms with Crippen molar-refractivity contribution in [2.24, 2.45) is 0 Å². The third kappa shape index (κ3) is 2.11. The van der Waals surface area contributed by atoms with E-state index in [1.54, 1.807) is 0 Å². The number of anilines is 3. The predicted octanol–water partition coefficient (Wildman–Crippen LogP) is 1.78. The minimum Gasteiger partial charge on any atom is -0.382 e. The molecule has 112 valence electrons. The number of nitrogens with two attached hydrogens (primary N) is 2. The molecule has 1 aliphatic rings. The molecule has 0 aliphatic carbocycles. The van der Waals surface area contributed by atoms with Gasteiger partial charge in [0.15, 0.2) is 5.82 Å². The van der Waals surface area contributed by atoms with Crippen molar-refractivity contribution in [2.75, 3.05) is 29.5 Å². The summed E-state index contributed by atoms with van der Waals surface area (Å²) in [7, 11) is 0. The number of benzene rings is 1. The Morgan fingerprint density at radius 2 is 1.86 bits per heavy atom. The fourth-order valence-electron chi connectivity index (χ4n) is 2.91. The van der Waals surface area contributed by atoms with Crippen molar-refractivity contribution in [1.82, 2.24) is 20.2 Å². The lowest BCUT2D eigenvalue weighted by Gasteiger charge is -2.17. The van der Waals surface area contributed by atoms with Crippen molar-refractivity contribution < 1.29 is 0 Å². The number of aromatic nitrogens is 4. The van der Waals surface area contributed by atoms with Crippen LogP contribution in [0.4, 0.5) is 17.6 Å². The summed E-state index contributed by atoms with van der Waals surface area (Å²) >= 11 is 0. The van der Waals surface area contributed by atoms with Gasteiger partial charge in [0.2, 0.25) is 5.95 Å². The average Bonchev–Trinajstić information content (AvgIpc) is 3.17. The van der Waals surface area contributed by atoms with Crippen LogP contribution in [0.1, 0.15) is 12.8 Å². The SMILES string of the molecule is Nc1nc(-c2ccc3c(N)n[nH]c3c2)cc(N2CCCC2)n1. The Labute approximate surface area is 127 Å². The summed E-state index contributed by atoms with van der Waals surface area (Å²) in [6.45, 7) is 2.04. The minimum absolute atomic E-state index is 0.295. The van der Waals surface area contributed by atoms with Gasteiger partial charge in [0, 0.05) is 30.1 Å². The Kier molecular flexibility index (Phi) is 2.85. The summed E-state index contributed by atoms with van der Waals surface area (Å²) in [5.74, 6) is 1.69. The summed E-state index contributed by atoms with van der Waals surface area (Å²) in [6.07, 6.45) is 2.39. The monoisotopic (exact) mass is 295 g/mol. The lowest BCUT2D eigenvalue weighted by molar-refractivity contribution is 0.932. The first kappa shape index (κ1) is 12.9. The van der Waals surface area contributed by atoms with Crippen LogP contribution >= 0.6 is 0 Å². The van der Waals surface area contributed by atoms with Gasteiger partial charge in [0.05, 0.1) is 11.2 Å². The van der Waals surface area contributed by atoms with Crippen molar-refractivity contribution in [3.8, 4) is 11.3 Å². The number of hydrogen-bond acceptors (Lipinski definition) is 6. The van der Waals surface area contributed by atoms with Crippen molar-refractivity contribution in [3.05, 3.63) is 24.3 Å². The molecule has 1 fully saturated rings. The summed E-state index contributed by atoms with van der Waals surface area (Å²) in [5.41, 5.74) is 14.4. The number of nitrogens with one attached hydrogen (secondary N) is 1. The van der Waals surface area contributed by atoms with Crippen molar-refractivity contribution >= 4 is 28.5 Å². The number of nitrogen functional groups attached to an aromatic ring is 2. The number of fused-ring (bicyclic) bond motifs is 1. The molecule has 22 heavy (non-hydrogen) atoms. The molecule has 7 heteroatoms. The first-order valence-electron chi connectivity index (χ1n) is 7.34. The maximum Gasteiger partial charge on any atom is 0.222 e. The maximum atomic E-state index is 5.89. The second kappa shape index (κ2) is 4.87. The second-order valence-electron chi connectivity index (χ2n) is 5.53. The molecule has 1 aliphatic heterocycles. The van der Waals surface area contributed by atoms with Crippen LogP contribution < -0.4 is 16.4 Å². The highest BCUT2D eigenvalue weighted by atomic mass is 15.2. The van der Waals surface area contributed by atoms with Crippen LogP contribution in [-0.2, 0) is 0 Å². The van der Waals surface area contributed by atoms with E-state index < -0.39 is 0 Å². The molecule has 0 bridgehead atoms. The zero-order valence-electron chi connectivity index (χ0n) is 12.1. The molecule has 4 rings (SSSR count). The molecule has 5 N–H and O–H groups in total. The maximum absolute atomic E-state index is 5.89. The van der Waals surface area contributed by atoms with Crippen LogP contribution in [0.3, 0.4) is 0 Å². The van der Waals surface area contributed by atoms with E-state index in [9.17, 15) is 0 Å². The Hall–Kier alpha value is -2.83. The summed E-state index contributed by atoms with van der Waals surface area (Å²) < 4.78 is 0. The molecule has 7 nitrogen and oxygen atoms in total. The lowest BCUT2D eigenvalue weighted by Crippen LogP contribution is -2.19. The minimum atomic E-state index is 0.295. The molecular weight excluding hydrogens is 278 g/mol. The third-order valence-electron chi connectivity index (χ3n) is 4.05. The van der Waals surface area contributed by atoms with Gasteiger partial charge in [-0.25, -0.2) is 4.98 Å². The average molecular weight is 295 g/mol. The van der Waals surface area contributed by atoms with Gasteiger partial charge in [0.25, 0.3) is 0 Å². The topological polar surface area (TPSA) is 110 Å². The zero-order valence-corrected chi connectivity index (χ0v) is 12.1. The van der Waals surface area contributed by atoms with Crippen molar-refractivity contribution in [1.29, 1.82) is 0 Å². The number of nitrogens with zero attached hydrogens (tertiary/aromatic N) is 4. The Morgan fingerprint density at radius 1 is 1.05 bits per heavy atom. The van der Waals surface area contributed by atoms with E-state index in [0.29, 0.717) is 11.8 Å². The van der Waals surface area contributed by atoms with E-state index in [4.69, 9.17) is 11.5 Å². The largest absolute Gasteiger partial charge is 0.382 e. The highest BCUT2D eigenvalue weighted by Gasteiger charge is 2.16. The fraction of sp³-hybridized carbons (Fsp3) is 0.267. The molecule has 0 spiro atoms. The van der Waals surface area contributed by atoms with E-state index >= 15 is 0 Å². The van der Waals surface area contributed by atoms with Gasteiger partial charge in [-0.3, -0.25) is 5.10 Å². The van der Waals surface area contributed by atoms with E-state index in [2.05, 4.69) is 25.1 Å². The normalized spacial score (nSPS) is 14.8. The van der Waals surface area contributed by atoms with Crippen LogP contribution in [0.2, 0.25) is 0 Å². The summed E-state index contributed by atoms with van der Waals surface area (Å²) in [5, 5.41) is 7.85. The van der Waals surface area contributed by atoms with Crippen LogP contribution in [0.15, 0.2) is 24.3 Å². The molecule has 3 aromatic rings. The summed E-state index contributed by atoms with van der Waals surface area (Å²) in [6, 6.07) is 7.89. The van der Waals surface area contributed by atoms with Gasteiger partial charge in [-0.15, -0.1) is 0 Å². The lowest BCUT2D eigenvalue weighted by atomic mass is 10.1. The van der Waals surface area contributed by atoms with Crippen LogP contribution in [-0.4, -0.2) is 33.3 Å². The molecule has 2 aromatic heterocycles. The Bertz CT molecular complexity index is 833. The van der Waals surface area contributed by atoms with Gasteiger partial charge in [-0.2, -0.15) is 10.1 Å². The van der Waals surface area contributed by atoms with Gasteiger partial charge < -0.3 is 16.4 Å². The molecular formula is C15H17N7. The van der Waals surface area contributed by atoms with E-state index in [1.165, 1.54) is 12.8 Å². The highest BCUT2D eigenvalue weighted by Crippen LogP contribution is 2.28. The third-order valence-corrected chi connectivity index (χ3v) is 4.05. The zero-order chi connectivity index (χ0) is 15.1. The standard InChI is InChI=1S/C15H17N7/c16-14-10-4-3-9(7-12(10)20-21-14)11-8-13(19-15(17)18-11)22-5-1-2-6-22/h3-4,7-8H,1-2,5-6H2,(H3,16,20,21)(H2,17,18,19). The van der Waals surface area contributed by atoms with Gasteiger partial charge in [0.1, 0.15) is 5.82 Å². The molecule has 0 saturated carbocycles. The van der Waals surface area contributed by atoms with Crippen LogP contribution in [0, 0.1) is 0 Å². The number of hydrogen-bond donors (Lipinski definition) is 3. The first-order chi connectivity index (χ1) is 10.7. The number of aromatic amines is 1. The van der Waals surface area contributed by atoms with Gasteiger partial charge in [-0.05, 0) is 25.0 Å². The quantitative estimate of drug-likeness (QED) is 0.665. The van der Waals surface area contributed by atoms with Crippen LogP contribution in [0.5, 0.6) is 0 Å². The smallest absolute Gasteiger partial charge is 0.222 e. The van der Waals surface area contributed by atoms with Gasteiger partial charge >= 0.3 is 0 Å². The molecule has 0 radical (unpaired) electrons. The molecule has 0 amide bonds. The Morgan fingerprint density at radius 3 is 2.68 bits per heavy atom. The van der Waals surface area contributed by atoms with E-state index in [0.717, 1.165) is 41.1 Å². The first-order valence-corrected chi connectivity index (χ1v) is 7.34. The molecule has 0 atom stereocenters. The van der Waals surface area contributed by atoms with Crippen LogP contribution in [0.25, 0.3) is 22.2 Å². The van der Waals surface area contributed by atoms with Crippen molar-refractivity contribution in [2.45, 2.75) is 12.8 Å². The highest BCUT2D eigenvalue weighted by molar-refractivity contribution is 5.91. The number of rotatable bonds is 2. The number of H-pyrrole nitrogens is 1. The Balaban J connectivity index is 1.79. The molecule has 3 heterocycles. The van der Waals surface area contributed by atoms with E-state index in [1.807, 2.05) is 24.3 Å². The molecule has 1 saturated heterocycles. The second-order valence-corrected chi connectivity index (χ2v) is 5.53. The molecule has 0 unspecified atom stereocenters. The fourth-order valence-corrected chi connectivity index (χ4v) is 2.91. The van der Waals surface area contributed by atoms with E-state index in [-0.39, 0.29) is 0 Å². The summed E-state index contributed by atoms with van der Waals surface area (Å²) in [4.78, 5) is 11.0. The molecule has 1 aromatic carbocycles. The predicted molar refractivity (Wildman–Crippen MR) is 87.4 cm³/mol. The van der Waals surface area contributed by atoms with Crippen molar-refractivity contribution in [3.63, 3.8) is 0 Å².